The van der Waals surface area contributed by atoms with E-state index in [9.17, 15) is 0 Å². The second-order valence-electron chi connectivity index (χ2n) is 7.90. The third kappa shape index (κ3) is 7.97. The van der Waals surface area contributed by atoms with Crippen LogP contribution < -0.4 is 10.6 Å². The van der Waals surface area contributed by atoms with Gasteiger partial charge in [-0.3, -0.25) is 4.99 Å². The largest absolute Gasteiger partial charge is 0.356 e. The highest BCUT2D eigenvalue weighted by atomic mass is 127. The van der Waals surface area contributed by atoms with Crippen molar-refractivity contribution in [3.05, 3.63) is 71.8 Å². The molecule has 29 heavy (non-hydrogen) atoms. The molecule has 0 aromatic heterocycles. The van der Waals surface area contributed by atoms with Gasteiger partial charge in [-0.15, -0.1) is 24.0 Å². The van der Waals surface area contributed by atoms with Gasteiger partial charge in [-0.2, -0.15) is 0 Å². The number of guanidine groups is 1. The number of benzene rings is 2. The highest BCUT2D eigenvalue weighted by molar-refractivity contribution is 14.0. The maximum Gasteiger partial charge on any atom is 0.191 e. The summed E-state index contributed by atoms with van der Waals surface area (Å²) in [4.78, 5) is 6.87. The Morgan fingerprint density at radius 3 is 2.41 bits per heavy atom. The predicted molar refractivity (Wildman–Crippen MR) is 134 cm³/mol. The topological polar surface area (TPSA) is 39.7 Å². The van der Waals surface area contributed by atoms with Crippen molar-refractivity contribution in [2.24, 2.45) is 10.9 Å². The van der Waals surface area contributed by atoms with Gasteiger partial charge in [0.2, 0.25) is 0 Å². The molecular formula is C24H35IN4. The second kappa shape index (κ2) is 12.9. The zero-order chi connectivity index (χ0) is 19.6. The molecule has 1 saturated heterocycles. The van der Waals surface area contributed by atoms with E-state index in [0.29, 0.717) is 11.8 Å². The summed E-state index contributed by atoms with van der Waals surface area (Å²) in [6.45, 7) is 4.24. The van der Waals surface area contributed by atoms with E-state index < -0.39 is 0 Å². The van der Waals surface area contributed by atoms with Crippen LogP contribution in [-0.4, -0.2) is 51.1 Å². The Kier molecular flexibility index (Phi) is 10.5. The first kappa shape index (κ1) is 23.7. The van der Waals surface area contributed by atoms with Crippen molar-refractivity contribution in [3.63, 3.8) is 0 Å². The molecule has 2 N–H and O–H groups in total. The fraction of sp³-hybridized carbons (Fsp3) is 0.458. The third-order valence-electron chi connectivity index (χ3n) is 5.62. The van der Waals surface area contributed by atoms with Crippen LogP contribution in [-0.2, 0) is 6.42 Å². The lowest BCUT2D eigenvalue weighted by molar-refractivity contribution is 0.210. The van der Waals surface area contributed by atoms with E-state index in [0.717, 1.165) is 25.5 Å². The fourth-order valence-electron chi connectivity index (χ4n) is 4.05. The number of rotatable bonds is 7. The summed E-state index contributed by atoms with van der Waals surface area (Å²) in [5, 5.41) is 7.11. The number of halogens is 1. The van der Waals surface area contributed by atoms with Gasteiger partial charge >= 0.3 is 0 Å². The maximum atomic E-state index is 4.44. The molecule has 4 nitrogen and oxygen atoms in total. The summed E-state index contributed by atoms with van der Waals surface area (Å²) in [5.41, 5.74) is 2.73. The van der Waals surface area contributed by atoms with Crippen molar-refractivity contribution < 1.29 is 0 Å². The number of hydrogen-bond donors (Lipinski definition) is 2. The lowest BCUT2D eigenvalue weighted by Gasteiger charge is -2.30. The lowest BCUT2D eigenvalue weighted by Crippen LogP contribution is -2.44. The van der Waals surface area contributed by atoms with Crippen LogP contribution in [0.2, 0.25) is 0 Å². The number of nitrogens with one attached hydrogen (secondary N) is 2. The van der Waals surface area contributed by atoms with Crippen LogP contribution >= 0.6 is 24.0 Å². The first-order valence-corrected chi connectivity index (χ1v) is 10.5. The van der Waals surface area contributed by atoms with Gasteiger partial charge in [-0.25, -0.2) is 0 Å². The molecule has 0 saturated carbocycles. The molecule has 2 atom stereocenters. The van der Waals surface area contributed by atoms with E-state index in [1.165, 1.54) is 37.1 Å². The molecular weight excluding hydrogens is 471 g/mol. The SMILES string of the molecule is CN=C(NCC1CCCN(C)C1)NCC(Cc1ccccc1)c1ccccc1.I. The van der Waals surface area contributed by atoms with Crippen molar-refractivity contribution in [3.8, 4) is 0 Å². The molecule has 5 heteroatoms. The number of hydrogen-bond acceptors (Lipinski definition) is 2. The minimum absolute atomic E-state index is 0. The van der Waals surface area contributed by atoms with Crippen LogP contribution in [0.15, 0.2) is 65.7 Å². The quantitative estimate of drug-likeness (QED) is 0.337. The predicted octanol–water partition coefficient (Wildman–Crippen LogP) is 4.14. The molecule has 2 aromatic carbocycles. The molecule has 2 unspecified atom stereocenters. The number of aliphatic imine (C=N–C) groups is 1. The second-order valence-corrected chi connectivity index (χ2v) is 7.90. The van der Waals surface area contributed by atoms with Gasteiger partial charge in [0, 0.05) is 32.6 Å². The summed E-state index contributed by atoms with van der Waals surface area (Å²) in [5.74, 6) is 2.01. The average Bonchev–Trinajstić information content (AvgIpc) is 2.74. The standard InChI is InChI=1S/C24H34N4.HI/c1-25-24(26-17-21-12-9-15-28(2)19-21)27-18-23(22-13-7-4-8-14-22)16-20-10-5-3-6-11-20;/h3-8,10-11,13-14,21,23H,9,12,15-19H2,1-2H3,(H2,25,26,27);1H. The zero-order valence-corrected chi connectivity index (χ0v) is 20.0. The van der Waals surface area contributed by atoms with Gasteiger partial charge in [0.1, 0.15) is 0 Å². The Morgan fingerprint density at radius 2 is 1.76 bits per heavy atom. The molecule has 0 bridgehead atoms. The van der Waals surface area contributed by atoms with Crippen LogP contribution in [0, 0.1) is 5.92 Å². The molecule has 1 fully saturated rings. The van der Waals surface area contributed by atoms with Gasteiger partial charge in [0.15, 0.2) is 5.96 Å². The summed E-state index contributed by atoms with van der Waals surface area (Å²) >= 11 is 0. The molecule has 0 radical (unpaired) electrons. The number of piperidine rings is 1. The summed E-state index contributed by atoms with van der Waals surface area (Å²) in [6, 6.07) is 21.5. The smallest absolute Gasteiger partial charge is 0.191 e. The summed E-state index contributed by atoms with van der Waals surface area (Å²) < 4.78 is 0. The van der Waals surface area contributed by atoms with E-state index in [2.05, 4.69) is 88.2 Å². The molecule has 1 aliphatic heterocycles. The van der Waals surface area contributed by atoms with Crippen LogP contribution in [0.1, 0.15) is 29.9 Å². The molecule has 1 heterocycles. The van der Waals surface area contributed by atoms with Crippen LogP contribution in [0.25, 0.3) is 0 Å². The van der Waals surface area contributed by atoms with E-state index in [4.69, 9.17) is 0 Å². The van der Waals surface area contributed by atoms with Gasteiger partial charge in [0.25, 0.3) is 0 Å². The Labute approximate surface area is 193 Å². The molecule has 0 aliphatic carbocycles. The number of nitrogens with zero attached hydrogens (tertiary/aromatic N) is 2. The van der Waals surface area contributed by atoms with Crippen LogP contribution in [0.5, 0.6) is 0 Å². The summed E-state index contributed by atoms with van der Waals surface area (Å²) in [7, 11) is 4.07. The van der Waals surface area contributed by atoms with Gasteiger partial charge in [-0.1, -0.05) is 60.7 Å². The van der Waals surface area contributed by atoms with Gasteiger partial charge in [0.05, 0.1) is 0 Å². The van der Waals surface area contributed by atoms with E-state index in [-0.39, 0.29) is 24.0 Å². The van der Waals surface area contributed by atoms with Crippen molar-refractivity contribution in [1.82, 2.24) is 15.5 Å². The van der Waals surface area contributed by atoms with E-state index in [1.54, 1.807) is 0 Å². The molecule has 0 amide bonds. The van der Waals surface area contributed by atoms with Crippen molar-refractivity contribution in [1.29, 1.82) is 0 Å². The Hall–Kier alpha value is -1.60. The third-order valence-corrected chi connectivity index (χ3v) is 5.62. The highest BCUT2D eigenvalue weighted by Crippen LogP contribution is 2.20. The zero-order valence-electron chi connectivity index (χ0n) is 17.7. The van der Waals surface area contributed by atoms with Crippen LogP contribution in [0.4, 0.5) is 0 Å². The van der Waals surface area contributed by atoms with Crippen molar-refractivity contribution >= 4 is 29.9 Å². The van der Waals surface area contributed by atoms with Gasteiger partial charge in [-0.05, 0) is 49.9 Å². The molecule has 2 aromatic rings. The average molecular weight is 506 g/mol. The maximum absolute atomic E-state index is 4.44. The molecule has 3 rings (SSSR count). The first-order valence-electron chi connectivity index (χ1n) is 10.5. The highest BCUT2D eigenvalue weighted by Gasteiger charge is 2.18. The monoisotopic (exact) mass is 506 g/mol. The van der Waals surface area contributed by atoms with Gasteiger partial charge < -0.3 is 15.5 Å². The van der Waals surface area contributed by atoms with Crippen molar-refractivity contribution in [2.75, 3.05) is 40.3 Å². The normalized spacial score (nSPS) is 18.6. The molecule has 0 spiro atoms. The van der Waals surface area contributed by atoms with Crippen LogP contribution in [0.3, 0.4) is 0 Å². The number of likely N-dealkylation sites (tertiary alicyclic amines) is 1. The van der Waals surface area contributed by atoms with Crippen molar-refractivity contribution in [2.45, 2.75) is 25.2 Å². The van der Waals surface area contributed by atoms with E-state index in [1.807, 2.05) is 7.05 Å². The molecule has 1 aliphatic rings. The Balaban J connectivity index is 0.00000300. The summed E-state index contributed by atoms with van der Waals surface area (Å²) in [6.07, 6.45) is 3.61. The minimum Gasteiger partial charge on any atom is -0.356 e. The first-order chi connectivity index (χ1) is 13.7. The van der Waals surface area contributed by atoms with E-state index >= 15 is 0 Å². The Morgan fingerprint density at radius 1 is 1.07 bits per heavy atom. The Bertz CT molecular complexity index is 720. The minimum atomic E-state index is 0. The lowest BCUT2D eigenvalue weighted by atomic mass is 9.92. The molecule has 158 valence electrons. The fourth-order valence-corrected chi connectivity index (χ4v) is 4.05.